The first-order valence-electron chi connectivity index (χ1n) is 8.93. The third-order valence-corrected chi connectivity index (χ3v) is 3.92. The highest BCUT2D eigenvalue weighted by molar-refractivity contribution is 5.80. The van der Waals surface area contributed by atoms with Crippen molar-refractivity contribution >= 4 is 5.91 Å². The highest BCUT2D eigenvalue weighted by atomic mass is 16.5. The SMILES string of the molecule is CCOc1ccccc1CCCNC(=O)[C@@H](C)Oc1cccc(OC)c1. The molecule has 0 radical (unpaired) electrons. The molecule has 0 bridgehead atoms. The Labute approximate surface area is 155 Å². The Hall–Kier alpha value is -2.69. The Bertz CT molecular complexity index is 702. The van der Waals surface area contributed by atoms with Crippen molar-refractivity contribution in [3.05, 3.63) is 54.1 Å². The van der Waals surface area contributed by atoms with Crippen LogP contribution in [0.25, 0.3) is 0 Å². The van der Waals surface area contributed by atoms with E-state index in [9.17, 15) is 4.79 Å². The van der Waals surface area contributed by atoms with Crippen molar-refractivity contribution in [2.24, 2.45) is 0 Å². The van der Waals surface area contributed by atoms with Crippen LogP contribution >= 0.6 is 0 Å². The predicted molar refractivity (Wildman–Crippen MR) is 102 cm³/mol. The number of nitrogens with one attached hydrogen (secondary N) is 1. The molecule has 26 heavy (non-hydrogen) atoms. The van der Waals surface area contributed by atoms with Gasteiger partial charge in [0, 0.05) is 12.6 Å². The van der Waals surface area contributed by atoms with Crippen molar-refractivity contribution in [1.29, 1.82) is 0 Å². The standard InChI is InChI=1S/C21H27NO4/c1-4-25-20-13-6-5-9-17(20)10-8-14-22-21(23)16(2)26-19-12-7-11-18(15-19)24-3/h5-7,9,11-13,15-16H,4,8,10,14H2,1-3H3,(H,22,23)/t16-/m1/s1. The Kier molecular flexibility index (Phi) is 7.80. The number of carbonyl (C=O) groups is 1. The molecule has 0 heterocycles. The summed E-state index contributed by atoms with van der Waals surface area (Å²) in [6.45, 7) is 4.94. The summed E-state index contributed by atoms with van der Waals surface area (Å²) in [5, 5.41) is 2.92. The van der Waals surface area contributed by atoms with E-state index in [1.165, 1.54) is 0 Å². The average molecular weight is 357 g/mol. The monoisotopic (exact) mass is 357 g/mol. The fourth-order valence-corrected chi connectivity index (χ4v) is 2.57. The molecule has 1 N–H and O–H groups in total. The van der Waals surface area contributed by atoms with E-state index < -0.39 is 6.10 Å². The van der Waals surface area contributed by atoms with Crippen LogP contribution in [0, 0.1) is 0 Å². The van der Waals surface area contributed by atoms with E-state index in [4.69, 9.17) is 14.2 Å². The van der Waals surface area contributed by atoms with Gasteiger partial charge in [0.2, 0.25) is 0 Å². The van der Waals surface area contributed by atoms with Crippen LogP contribution in [0.5, 0.6) is 17.2 Å². The molecule has 140 valence electrons. The van der Waals surface area contributed by atoms with Crippen LogP contribution in [-0.2, 0) is 11.2 Å². The lowest BCUT2D eigenvalue weighted by atomic mass is 10.1. The molecular weight excluding hydrogens is 330 g/mol. The number of aryl methyl sites for hydroxylation is 1. The summed E-state index contributed by atoms with van der Waals surface area (Å²) in [7, 11) is 1.60. The van der Waals surface area contributed by atoms with E-state index in [2.05, 4.69) is 11.4 Å². The Morgan fingerprint density at radius 1 is 1.12 bits per heavy atom. The van der Waals surface area contributed by atoms with E-state index >= 15 is 0 Å². The summed E-state index contributed by atoms with van der Waals surface area (Å²) in [5.74, 6) is 2.09. The maximum atomic E-state index is 12.2. The van der Waals surface area contributed by atoms with Crippen LogP contribution < -0.4 is 19.5 Å². The second kappa shape index (κ2) is 10.3. The van der Waals surface area contributed by atoms with Gasteiger partial charge >= 0.3 is 0 Å². The van der Waals surface area contributed by atoms with Gasteiger partial charge in [0.05, 0.1) is 13.7 Å². The van der Waals surface area contributed by atoms with Gasteiger partial charge in [0.1, 0.15) is 17.2 Å². The van der Waals surface area contributed by atoms with Crippen molar-refractivity contribution in [2.75, 3.05) is 20.3 Å². The highest BCUT2D eigenvalue weighted by Gasteiger charge is 2.14. The molecule has 0 unspecified atom stereocenters. The van der Waals surface area contributed by atoms with Gasteiger partial charge in [-0.25, -0.2) is 0 Å². The van der Waals surface area contributed by atoms with E-state index in [0.717, 1.165) is 24.2 Å². The van der Waals surface area contributed by atoms with Crippen LogP contribution in [0.15, 0.2) is 48.5 Å². The van der Waals surface area contributed by atoms with Gasteiger partial charge < -0.3 is 19.5 Å². The summed E-state index contributed by atoms with van der Waals surface area (Å²) >= 11 is 0. The lowest BCUT2D eigenvalue weighted by Crippen LogP contribution is -2.36. The maximum absolute atomic E-state index is 12.2. The molecule has 0 saturated carbocycles. The molecule has 0 aliphatic rings. The summed E-state index contributed by atoms with van der Waals surface area (Å²) < 4.78 is 16.4. The molecule has 0 saturated heterocycles. The molecule has 0 aliphatic heterocycles. The molecule has 5 nitrogen and oxygen atoms in total. The van der Waals surface area contributed by atoms with Crippen LogP contribution in [0.1, 0.15) is 25.8 Å². The van der Waals surface area contributed by atoms with Gasteiger partial charge in [-0.1, -0.05) is 24.3 Å². The molecule has 1 atom stereocenters. The van der Waals surface area contributed by atoms with Gasteiger partial charge in [-0.15, -0.1) is 0 Å². The summed E-state index contributed by atoms with van der Waals surface area (Å²) in [5.41, 5.74) is 1.16. The zero-order valence-electron chi connectivity index (χ0n) is 15.7. The molecule has 0 fully saturated rings. The molecule has 2 aromatic rings. The number of methoxy groups -OCH3 is 1. The fraction of sp³-hybridized carbons (Fsp3) is 0.381. The van der Waals surface area contributed by atoms with Gasteiger partial charge in [0.15, 0.2) is 6.10 Å². The Balaban J connectivity index is 1.76. The first-order valence-corrected chi connectivity index (χ1v) is 8.93. The van der Waals surface area contributed by atoms with Crippen LogP contribution in [0.3, 0.4) is 0 Å². The number of ether oxygens (including phenoxy) is 3. The lowest BCUT2D eigenvalue weighted by Gasteiger charge is -2.15. The van der Waals surface area contributed by atoms with Crippen molar-refractivity contribution in [2.45, 2.75) is 32.8 Å². The smallest absolute Gasteiger partial charge is 0.260 e. The first kappa shape index (κ1) is 19.6. The minimum Gasteiger partial charge on any atom is -0.497 e. The van der Waals surface area contributed by atoms with Crippen molar-refractivity contribution in [3.8, 4) is 17.2 Å². The van der Waals surface area contributed by atoms with Gasteiger partial charge in [-0.3, -0.25) is 4.79 Å². The second-order valence-electron chi connectivity index (χ2n) is 5.87. The topological polar surface area (TPSA) is 56.8 Å². The number of carbonyl (C=O) groups excluding carboxylic acids is 1. The van der Waals surface area contributed by atoms with Crippen LogP contribution in [0.2, 0.25) is 0 Å². The van der Waals surface area contributed by atoms with Gasteiger partial charge in [0.25, 0.3) is 5.91 Å². The molecule has 2 aromatic carbocycles. The number of amides is 1. The maximum Gasteiger partial charge on any atom is 0.260 e. The summed E-state index contributed by atoms with van der Waals surface area (Å²) in [6.07, 6.45) is 1.11. The number of hydrogen-bond donors (Lipinski definition) is 1. The number of rotatable bonds is 10. The third-order valence-electron chi connectivity index (χ3n) is 3.92. The van der Waals surface area contributed by atoms with E-state index in [-0.39, 0.29) is 5.91 Å². The molecule has 0 spiro atoms. The van der Waals surface area contributed by atoms with Crippen molar-refractivity contribution in [3.63, 3.8) is 0 Å². The molecule has 0 aromatic heterocycles. The third kappa shape index (κ3) is 5.99. The molecular formula is C21H27NO4. The van der Waals surface area contributed by atoms with E-state index in [0.29, 0.717) is 24.7 Å². The van der Waals surface area contributed by atoms with Gasteiger partial charge in [-0.05, 0) is 50.5 Å². The molecule has 0 aliphatic carbocycles. The van der Waals surface area contributed by atoms with Crippen molar-refractivity contribution < 1.29 is 19.0 Å². The molecule has 1 amide bonds. The predicted octanol–water partition coefficient (Wildman–Crippen LogP) is 3.61. The number of para-hydroxylation sites is 1. The normalized spacial score (nSPS) is 11.5. The minimum absolute atomic E-state index is 0.133. The number of hydrogen-bond acceptors (Lipinski definition) is 4. The van der Waals surface area contributed by atoms with Crippen LogP contribution in [0.4, 0.5) is 0 Å². The highest BCUT2D eigenvalue weighted by Crippen LogP contribution is 2.20. The fourth-order valence-electron chi connectivity index (χ4n) is 2.57. The quantitative estimate of drug-likeness (QED) is 0.660. The van der Waals surface area contributed by atoms with Gasteiger partial charge in [-0.2, -0.15) is 0 Å². The van der Waals surface area contributed by atoms with E-state index in [1.807, 2.05) is 37.3 Å². The summed E-state index contributed by atoms with van der Waals surface area (Å²) in [6, 6.07) is 15.2. The number of benzene rings is 2. The summed E-state index contributed by atoms with van der Waals surface area (Å²) in [4.78, 5) is 12.2. The largest absolute Gasteiger partial charge is 0.497 e. The lowest BCUT2D eigenvalue weighted by molar-refractivity contribution is -0.127. The minimum atomic E-state index is -0.571. The molecule has 5 heteroatoms. The molecule has 2 rings (SSSR count). The first-order chi connectivity index (χ1) is 12.6. The average Bonchev–Trinajstić information content (AvgIpc) is 2.66. The Morgan fingerprint density at radius 2 is 1.88 bits per heavy atom. The Morgan fingerprint density at radius 3 is 2.65 bits per heavy atom. The second-order valence-corrected chi connectivity index (χ2v) is 5.87. The van der Waals surface area contributed by atoms with Crippen LogP contribution in [-0.4, -0.2) is 32.3 Å². The zero-order chi connectivity index (χ0) is 18.8. The van der Waals surface area contributed by atoms with Crippen molar-refractivity contribution in [1.82, 2.24) is 5.32 Å². The van der Waals surface area contributed by atoms with E-state index in [1.54, 1.807) is 26.2 Å². The zero-order valence-corrected chi connectivity index (χ0v) is 15.7.